The fourth-order valence-corrected chi connectivity index (χ4v) is 6.00. The highest BCUT2D eigenvalue weighted by molar-refractivity contribution is 5.78. The Hall–Kier alpha value is -7.03. The summed E-state index contributed by atoms with van der Waals surface area (Å²) in [6.07, 6.45) is 0. The van der Waals surface area contributed by atoms with Crippen molar-refractivity contribution in [3.63, 3.8) is 0 Å². The average Bonchev–Trinajstić information content (AvgIpc) is 3.21. The lowest BCUT2D eigenvalue weighted by atomic mass is 9.98. The Bertz CT molecular complexity index is 2400. The maximum atomic E-state index is 9.77. The number of benzene rings is 6. The van der Waals surface area contributed by atoms with Gasteiger partial charge in [-0.25, -0.2) is 19.9 Å². The topological polar surface area (TPSA) is 75.3 Å². The van der Waals surface area contributed by atoms with Crippen molar-refractivity contribution in [2.24, 2.45) is 0 Å². The first-order valence-corrected chi connectivity index (χ1v) is 16.4. The molecule has 0 aliphatic carbocycles. The lowest BCUT2D eigenvalue weighted by Gasteiger charge is -2.11. The van der Waals surface area contributed by atoms with Crippen molar-refractivity contribution in [2.75, 3.05) is 0 Å². The molecule has 6 aromatic carbocycles. The monoisotopic (exact) mass is 639 g/mol. The molecule has 2 heterocycles. The van der Waals surface area contributed by atoms with E-state index < -0.39 is 0 Å². The molecule has 0 fully saturated rings. The summed E-state index contributed by atoms with van der Waals surface area (Å²) in [7, 11) is 0. The summed E-state index contributed by atoms with van der Waals surface area (Å²) in [4.78, 5) is 19.5. The highest BCUT2D eigenvalue weighted by Crippen LogP contribution is 2.32. The van der Waals surface area contributed by atoms with Gasteiger partial charge in [0.2, 0.25) is 0 Å². The van der Waals surface area contributed by atoms with Gasteiger partial charge in [-0.2, -0.15) is 5.26 Å². The van der Waals surface area contributed by atoms with Gasteiger partial charge < -0.3 is 0 Å². The molecule has 0 radical (unpaired) electrons. The van der Waals surface area contributed by atoms with Crippen LogP contribution in [0.3, 0.4) is 0 Å². The Morgan fingerprint density at radius 1 is 0.320 bits per heavy atom. The number of hydrogen-bond acceptors (Lipinski definition) is 5. The van der Waals surface area contributed by atoms with Crippen molar-refractivity contribution in [3.8, 4) is 85.0 Å². The summed E-state index contributed by atoms with van der Waals surface area (Å²) in [5.41, 5.74) is 11.4. The van der Waals surface area contributed by atoms with Crippen LogP contribution in [-0.2, 0) is 0 Å². The van der Waals surface area contributed by atoms with Crippen molar-refractivity contribution in [1.29, 1.82) is 5.26 Å². The van der Waals surface area contributed by atoms with Gasteiger partial charge in [0.25, 0.3) is 0 Å². The minimum atomic E-state index is 0.464. The number of aromatic nitrogens is 4. The van der Waals surface area contributed by atoms with Crippen molar-refractivity contribution in [3.05, 3.63) is 181 Å². The van der Waals surface area contributed by atoms with Crippen LogP contribution in [0.5, 0.6) is 0 Å². The molecule has 50 heavy (non-hydrogen) atoms. The molecule has 2 aromatic heterocycles. The molecule has 0 bridgehead atoms. The summed E-state index contributed by atoms with van der Waals surface area (Å²) in [6.45, 7) is 0. The lowest BCUT2D eigenvalue weighted by Crippen LogP contribution is -2.01. The summed E-state index contributed by atoms with van der Waals surface area (Å²) in [6, 6.07) is 61.3. The normalized spacial score (nSPS) is 10.8. The second-order valence-electron chi connectivity index (χ2n) is 11.8. The molecule has 0 unspecified atom stereocenters. The lowest BCUT2D eigenvalue weighted by molar-refractivity contribution is 1.07. The molecule has 5 heteroatoms. The van der Waals surface area contributed by atoms with E-state index in [1.807, 2.05) is 84.9 Å². The minimum Gasteiger partial charge on any atom is -0.248 e. The molecule has 8 rings (SSSR count). The van der Waals surface area contributed by atoms with E-state index in [0.29, 0.717) is 28.6 Å². The van der Waals surface area contributed by atoms with E-state index in [1.165, 1.54) is 0 Å². The van der Waals surface area contributed by atoms with E-state index in [2.05, 4.69) is 91.0 Å². The number of hydrogen-bond donors (Lipinski definition) is 0. The Kier molecular flexibility index (Phi) is 8.25. The third kappa shape index (κ3) is 6.29. The van der Waals surface area contributed by atoms with Gasteiger partial charge >= 0.3 is 0 Å². The molecule has 234 valence electrons. The quantitative estimate of drug-likeness (QED) is 0.173. The smallest absolute Gasteiger partial charge is 0.165 e. The van der Waals surface area contributed by atoms with Crippen LogP contribution in [0, 0.1) is 11.3 Å². The van der Waals surface area contributed by atoms with Gasteiger partial charge in [-0.05, 0) is 46.5 Å². The molecular weight excluding hydrogens is 611 g/mol. The van der Waals surface area contributed by atoms with Crippen LogP contribution in [0.1, 0.15) is 5.56 Å². The van der Waals surface area contributed by atoms with Crippen molar-refractivity contribution in [1.82, 2.24) is 19.9 Å². The minimum absolute atomic E-state index is 0.464. The molecule has 0 atom stereocenters. The molecule has 0 saturated heterocycles. The predicted molar refractivity (Wildman–Crippen MR) is 200 cm³/mol. The third-order valence-corrected chi connectivity index (χ3v) is 8.61. The summed E-state index contributed by atoms with van der Waals surface area (Å²) in [5, 5.41) is 9.77. The molecule has 0 spiro atoms. The molecule has 0 saturated carbocycles. The third-order valence-electron chi connectivity index (χ3n) is 8.61. The van der Waals surface area contributed by atoms with Gasteiger partial charge in [0.15, 0.2) is 17.5 Å². The van der Waals surface area contributed by atoms with Gasteiger partial charge in [0.05, 0.1) is 23.0 Å². The maximum Gasteiger partial charge on any atom is 0.165 e. The SMILES string of the molecule is N#Cc1ccccc1-c1nc(-c2ccccc2)nc(-c2ccc(-c3ccc(-c4cc(-c5ccccc5)cc(-c5ccccc5)n4)cc3)cc2)n1. The first-order valence-electron chi connectivity index (χ1n) is 16.4. The van der Waals surface area contributed by atoms with Crippen molar-refractivity contribution >= 4 is 0 Å². The van der Waals surface area contributed by atoms with Crippen LogP contribution in [0.2, 0.25) is 0 Å². The molecule has 0 N–H and O–H groups in total. The van der Waals surface area contributed by atoms with Crippen molar-refractivity contribution < 1.29 is 0 Å². The summed E-state index contributed by atoms with van der Waals surface area (Å²) >= 11 is 0. The number of rotatable bonds is 7. The first kappa shape index (κ1) is 30.3. The molecule has 0 aliphatic heterocycles. The van der Waals surface area contributed by atoms with Gasteiger partial charge in [-0.3, -0.25) is 0 Å². The van der Waals surface area contributed by atoms with E-state index in [-0.39, 0.29) is 0 Å². The van der Waals surface area contributed by atoms with E-state index in [9.17, 15) is 5.26 Å². The van der Waals surface area contributed by atoms with Gasteiger partial charge in [-0.1, -0.05) is 152 Å². The van der Waals surface area contributed by atoms with Crippen LogP contribution < -0.4 is 0 Å². The van der Waals surface area contributed by atoms with Crippen LogP contribution in [0.4, 0.5) is 0 Å². The maximum absolute atomic E-state index is 9.77. The molecule has 0 aliphatic rings. The largest absolute Gasteiger partial charge is 0.248 e. The highest BCUT2D eigenvalue weighted by Gasteiger charge is 2.15. The molecular formula is C45H29N5. The second-order valence-corrected chi connectivity index (χ2v) is 11.8. The fraction of sp³-hybridized carbons (Fsp3) is 0. The Balaban J connectivity index is 1.12. The van der Waals surface area contributed by atoms with Crippen LogP contribution in [0.25, 0.3) is 78.9 Å². The van der Waals surface area contributed by atoms with Gasteiger partial charge in [0.1, 0.15) is 0 Å². The summed E-state index contributed by atoms with van der Waals surface area (Å²) < 4.78 is 0. The Morgan fingerprint density at radius 3 is 1.26 bits per heavy atom. The standard InChI is InChI=1S/C45H29N5/c46-30-38-18-10-11-19-40(38)45-49-43(36-16-8-3-9-17-36)48-44(50-45)37-26-22-33(23-27-37)32-20-24-35(25-21-32)42-29-39(31-12-4-1-5-13-31)28-41(47-42)34-14-6-2-7-15-34/h1-29H. The van der Waals surface area contributed by atoms with Crippen LogP contribution in [-0.4, -0.2) is 19.9 Å². The van der Waals surface area contributed by atoms with Crippen molar-refractivity contribution in [2.45, 2.75) is 0 Å². The number of pyridine rings is 1. The zero-order valence-electron chi connectivity index (χ0n) is 27.0. The van der Waals surface area contributed by atoms with E-state index in [1.54, 1.807) is 6.07 Å². The zero-order valence-corrected chi connectivity index (χ0v) is 27.0. The molecule has 8 aromatic rings. The van der Waals surface area contributed by atoms with E-state index >= 15 is 0 Å². The van der Waals surface area contributed by atoms with E-state index in [4.69, 9.17) is 19.9 Å². The first-order chi connectivity index (χ1) is 24.7. The summed E-state index contributed by atoms with van der Waals surface area (Å²) in [5.74, 6) is 1.56. The molecule has 5 nitrogen and oxygen atoms in total. The van der Waals surface area contributed by atoms with E-state index in [0.717, 1.165) is 55.9 Å². The molecule has 0 amide bonds. The highest BCUT2D eigenvalue weighted by atomic mass is 15.0. The Morgan fingerprint density at radius 2 is 0.700 bits per heavy atom. The zero-order chi connectivity index (χ0) is 33.7. The van der Waals surface area contributed by atoms with Crippen LogP contribution in [0.15, 0.2) is 176 Å². The second kappa shape index (κ2) is 13.6. The predicted octanol–water partition coefficient (Wildman–Crippen LogP) is 10.8. The fourth-order valence-electron chi connectivity index (χ4n) is 6.00. The Labute approximate surface area is 290 Å². The number of nitriles is 1. The average molecular weight is 640 g/mol. The van der Waals surface area contributed by atoms with Gasteiger partial charge in [0, 0.05) is 27.8 Å². The van der Waals surface area contributed by atoms with Gasteiger partial charge in [-0.15, -0.1) is 0 Å². The van der Waals surface area contributed by atoms with Crippen LogP contribution >= 0.6 is 0 Å². The number of nitrogens with zero attached hydrogens (tertiary/aromatic N) is 5.